The molecular formula is C14H26N2O. The number of fused-ring (bicyclic) bond motifs is 2. The highest BCUT2D eigenvalue weighted by atomic mass is 16.1. The van der Waals surface area contributed by atoms with Gasteiger partial charge in [-0.2, -0.15) is 0 Å². The Morgan fingerprint density at radius 1 is 1.29 bits per heavy atom. The molecule has 0 spiro atoms. The molecule has 2 aliphatic heterocycles. The van der Waals surface area contributed by atoms with Crippen LogP contribution in [-0.4, -0.2) is 54.3 Å². The van der Waals surface area contributed by atoms with E-state index in [1.54, 1.807) is 0 Å². The second kappa shape index (κ2) is 5.49. The maximum Gasteiger partial charge on any atom is 0.136 e. The van der Waals surface area contributed by atoms with Gasteiger partial charge in [0.25, 0.3) is 0 Å². The van der Waals surface area contributed by atoms with Crippen molar-refractivity contribution in [2.75, 3.05) is 20.6 Å². The fourth-order valence-electron chi connectivity index (χ4n) is 3.52. The number of hydrogen-bond acceptors (Lipinski definition) is 3. The minimum Gasteiger partial charge on any atom is -0.309 e. The molecule has 0 radical (unpaired) electrons. The highest BCUT2D eigenvalue weighted by Gasteiger charge is 2.39. The van der Waals surface area contributed by atoms with Gasteiger partial charge in [0.1, 0.15) is 5.78 Å². The third-order valence-electron chi connectivity index (χ3n) is 4.35. The van der Waals surface area contributed by atoms with E-state index in [0.717, 1.165) is 19.4 Å². The van der Waals surface area contributed by atoms with Crippen molar-refractivity contribution in [3.05, 3.63) is 0 Å². The third kappa shape index (κ3) is 3.08. The first kappa shape index (κ1) is 13.0. The Balaban J connectivity index is 1.96. The topological polar surface area (TPSA) is 23.6 Å². The van der Waals surface area contributed by atoms with Crippen molar-refractivity contribution < 1.29 is 4.79 Å². The summed E-state index contributed by atoms with van der Waals surface area (Å²) in [4.78, 5) is 16.6. The highest BCUT2D eigenvalue weighted by molar-refractivity contribution is 5.80. The number of hydrogen-bond donors (Lipinski definition) is 0. The van der Waals surface area contributed by atoms with E-state index >= 15 is 0 Å². The quantitative estimate of drug-likeness (QED) is 0.747. The second-order valence-electron chi connectivity index (χ2n) is 6.07. The normalized spacial score (nSPS) is 31.9. The summed E-state index contributed by atoms with van der Waals surface area (Å²) in [6.07, 6.45) is 6.61. The van der Waals surface area contributed by atoms with Crippen LogP contribution < -0.4 is 0 Å². The van der Waals surface area contributed by atoms with Gasteiger partial charge in [0.05, 0.1) is 0 Å². The van der Waals surface area contributed by atoms with Gasteiger partial charge in [0.2, 0.25) is 0 Å². The van der Waals surface area contributed by atoms with E-state index < -0.39 is 0 Å². The minimum atomic E-state index is 0.496. The zero-order valence-electron chi connectivity index (χ0n) is 11.5. The fraction of sp³-hybridized carbons (Fsp3) is 0.929. The Kier molecular flexibility index (Phi) is 4.21. The molecule has 2 aliphatic rings. The molecule has 0 aliphatic carbocycles. The predicted octanol–water partition coefficient (Wildman–Crippen LogP) is 1.91. The Labute approximate surface area is 105 Å². The van der Waals surface area contributed by atoms with Crippen molar-refractivity contribution in [3.63, 3.8) is 0 Å². The Morgan fingerprint density at radius 3 is 2.41 bits per heavy atom. The van der Waals surface area contributed by atoms with Gasteiger partial charge in [-0.15, -0.1) is 0 Å². The van der Waals surface area contributed by atoms with Gasteiger partial charge in [-0.25, -0.2) is 0 Å². The molecule has 17 heavy (non-hydrogen) atoms. The molecule has 0 amide bonds. The highest BCUT2D eigenvalue weighted by Crippen LogP contribution is 2.34. The van der Waals surface area contributed by atoms with E-state index in [0.29, 0.717) is 23.9 Å². The average molecular weight is 238 g/mol. The number of nitrogens with zero attached hydrogens (tertiary/aromatic N) is 2. The van der Waals surface area contributed by atoms with Crippen molar-refractivity contribution in [2.24, 2.45) is 0 Å². The largest absolute Gasteiger partial charge is 0.309 e. The number of carbonyl (C=O) groups is 1. The average Bonchev–Trinajstić information content (AvgIpc) is 2.24. The predicted molar refractivity (Wildman–Crippen MR) is 70.1 cm³/mol. The van der Waals surface area contributed by atoms with Crippen LogP contribution in [0.25, 0.3) is 0 Å². The summed E-state index contributed by atoms with van der Waals surface area (Å²) in [5.74, 6) is 0.496. The third-order valence-corrected chi connectivity index (χ3v) is 4.35. The van der Waals surface area contributed by atoms with Gasteiger partial charge >= 0.3 is 0 Å². The first-order valence-corrected chi connectivity index (χ1v) is 7.02. The van der Waals surface area contributed by atoms with Crippen molar-refractivity contribution >= 4 is 5.78 Å². The van der Waals surface area contributed by atoms with Crippen LogP contribution in [0.15, 0.2) is 0 Å². The molecule has 2 rings (SSSR count). The van der Waals surface area contributed by atoms with Gasteiger partial charge in [0, 0.05) is 31.0 Å². The standard InChI is InChI=1S/C14H26N2O/c1-11(7-8-15(2)3)16-12-5-4-6-13(16)10-14(17)9-12/h11-13H,4-10H2,1-3H3. The summed E-state index contributed by atoms with van der Waals surface area (Å²) in [7, 11) is 4.26. The number of carbonyl (C=O) groups excluding carboxylic acids is 1. The number of piperidine rings is 2. The molecule has 0 aromatic heterocycles. The second-order valence-corrected chi connectivity index (χ2v) is 6.07. The van der Waals surface area contributed by atoms with Gasteiger partial charge < -0.3 is 4.90 Å². The molecule has 2 fully saturated rings. The summed E-state index contributed by atoms with van der Waals surface area (Å²) < 4.78 is 0. The summed E-state index contributed by atoms with van der Waals surface area (Å²) in [6.45, 7) is 3.48. The van der Waals surface area contributed by atoms with Gasteiger partial charge in [-0.05, 0) is 46.8 Å². The minimum absolute atomic E-state index is 0.496. The van der Waals surface area contributed by atoms with Crippen LogP contribution in [0.5, 0.6) is 0 Å². The zero-order chi connectivity index (χ0) is 12.4. The first-order valence-electron chi connectivity index (χ1n) is 7.02. The number of ketones is 1. The van der Waals surface area contributed by atoms with Crippen LogP contribution in [0.3, 0.4) is 0 Å². The van der Waals surface area contributed by atoms with Crippen LogP contribution in [0.1, 0.15) is 45.4 Å². The molecule has 0 N–H and O–H groups in total. The lowest BCUT2D eigenvalue weighted by atomic mass is 9.82. The maximum absolute atomic E-state index is 11.7. The van der Waals surface area contributed by atoms with Crippen LogP contribution in [-0.2, 0) is 4.79 Å². The molecule has 98 valence electrons. The Bertz CT molecular complexity index is 261. The number of rotatable bonds is 4. The van der Waals surface area contributed by atoms with Crippen LogP contribution >= 0.6 is 0 Å². The van der Waals surface area contributed by atoms with Gasteiger partial charge in [-0.3, -0.25) is 9.69 Å². The van der Waals surface area contributed by atoms with E-state index in [1.165, 1.54) is 25.7 Å². The van der Waals surface area contributed by atoms with Crippen molar-refractivity contribution in [1.29, 1.82) is 0 Å². The van der Waals surface area contributed by atoms with Crippen molar-refractivity contribution in [1.82, 2.24) is 9.80 Å². The molecule has 0 saturated carbocycles. The van der Waals surface area contributed by atoms with Gasteiger partial charge in [0.15, 0.2) is 0 Å². The molecule has 3 unspecified atom stereocenters. The Morgan fingerprint density at radius 2 is 1.88 bits per heavy atom. The lowest BCUT2D eigenvalue weighted by Crippen LogP contribution is -2.56. The molecule has 2 heterocycles. The summed E-state index contributed by atoms with van der Waals surface area (Å²) in [5.41, 5.74) is 0. The molecule has 2 bridgehead atoms. The van der Waals surface area contributed by atoms with E-state index in [9.17, 15) is 4.79 Å². The smallest absolute Gasteiger partial charge is 0.136 e. The zero-order valence-corrected chi connectivity index (χ0v) is 11.5. The number of Topliss-reactive ketones (excluding diaryl/α,β-unsaturated/α-hetero) is 1. The lowest BCUT2D eigenvalue weighted by Gasteiger charge is -2.48. The molecule has 3 heteroatoms. The van der Waals surface area contributed by atoms with Crippen LogP contribution in [0, 0.1) is 0 Å². The molecule has 3 atom stereocenters. The van der Waals surface area contributed by atoms with Gasteiger partial charge in [-0.1, -0.05) is 6.42 Å². The molecule has 3 nitrogen and oxygen atoms in total. The molecular weight excluding hydrogens is 212 g/mol. The first-order chi connectivity index (χ1) is 8.08. The summed E-state index contributed by atoms with van der Waals surface area (Å²) in [6, 6.07) is 1.72. The monoisotopic (exact) mass is 238 g/mol. The molecule has 0 aromatic rings. The molecule has 2 saturated heterocycles. The Hall–Kier alpha value is -0.410. The van der Waals surface area contributed by atoms with E-state index in [-0.39, 0.29) is 0 Å². The van der Waals surface area contributed by atoms with Crippen molar-refractivity contribution in [3.8, 4) is 0 Å². The van der Waals surface area contributed by atoms with E-state index in [1.807, 2.05) is 0 Å². The summed E-state index contributed by atoms with van der Waals surface area (Å²) >= 11 is 0. The van der Waals surface area contributed by atoms with Crippen LogP contribution in [0.4, 0.5) is 0 Å². The van der Waals surface area contributed by atoms with E-state index in [4.69, 9.17) is 0 Å². The lowest BCUT2D eigenvalue weighted by molar-refractivity contribution is -0.128. The SMILES string of the molecule is CC(CCN(C)C)N1C2CCCC1CC(=O)C2. The molecule has 0 aromatic carbocycles. The fourth-order valence-corrected chi connectivity index (χ4v) is 3.52. The van der Waals surface area contributed by atoms with Crippen LogP contribution in [0.2, 0.25) is 0 Å². The van der Waals surface area contributed by atoms with E-state index in [2.05, 4.69) is 30.8 Å². The maximum atomic E-state index is 11.7. The van der Waals surface area contributed by atoms with Crippen molar-refractivity contribution in [2.45, 2.75) is 63.6 Å². The summed E-state index contributed by atoms with van der Waals surface area (Å²) in [5, 5.41) is 0.